The second-order valence-electron chi connectivity index (χ2n) is 10.0. The van der Waals surface area contributed by atoms with Crippen molar-refractivity contribution in [3.63, 3.8) is 0 Å². The molecule has 2 aromatic heterocycles. The van der Waals surface area contributed by atoms with E-state index in [1.54, 1.807) is 17.4 Å². The molecule has 7 nitrogen and oxygen atoms in total. The number of fused-ring (bicyclic) bond motifs is 1. The number of hydrogen-bond acceptors (Lipinski definition) is 6. The number of esters is 1. The van der Waals surface area contributed by atoms with Crippen molar-refractivity contribution >= 4 is 58.2 Å². The van der Waals surface area contributed by atoms with Crippen LogP contribution in [0.4, 0.5) is 5.69 Å². The molecule has 0 N–H and O–H groups in total. The number of rotatable bonds is 7. The van der Waals surface area contributed by atoms with Crippen LogP contribution in [0.1, 0.15) is 70.9 Å². The van der Waals surface area contributed by atoms with Crippen LogP contribution in [-0.4, -0.2) is 45.5 Å². The third-order valence-electron chi connectivity index (χ3n) is 7.40. The number of para-hydroxylation sites is 1. The fourth-order valence-corrected chi connectivity index (χ4v) is 7.38. The van der Waals surface area contributed by atoms with Gasteiger partial charge in [0.1, 0.15) is 10.6 Å². The zero-order valence-corrected chi connectivity index (χ0v) is 24.9. The van der Waals surface area contributed by atoms with E-state index in [1.165, 1.54) is 14.7 Å². The first-order valence-electron chi connectivity index (χ1n) is 13.8. The Balaban J connectivity index is 1.62. The highest BCUT2D eigenvalue weighted by Gasteiger charge is 2.40. The van der Waals surface area contributed by atoms with Crippen LogP contribution in [0, 0.1) is 13.8 Å². The van der Waals surface area contributed by atoms with E-state index in [9.17, 15) is 14.4 Å². The molecular formula is C31H33N3O4S2. The number of carbonyl (C=O) groups excluding carboxylic acids is 3. The summed E-state index contributed by atoms with van der Waals surface area (Å²) in [5.41, 5.74) is 4.90. The topological polar surface area (TPSA) is 71.9 Å². The summed E-state index contributed by atoms with van der Waals surface area (Å²) in [4.78, 5) is 44.7. The van der Waals surface area contributed by atoms with Gasteiger partial charge in [0.15, 0.2) is 5.11 Å². The molecule has 0 radical (unpaired) electrons. The third-order valence-corrected chi connectivity index (χ3v) is 9.08. The maximum absolute atomic E-state index is 13.8. The number of carbonyl (C=O) groups is 3. The normalized spacial score (nSPS) is 16.6. The fraction of sp³-hybridized carbons (Fsp3) is 0.355. The van der Waals surface area contributed by atoms with Crippen LogP contribution in [0.2, 0.25) is 0 Å². The number of aromatic nitrogens is 1. The van der Waals surface area contributed by atoms with Gasteiger partial charge in [-0.2, -0.15) is 0 Å². The Bertz CT molecular complexity index is 1530. The fourth-order valence-electron chi connectivity index (χ4n) is 5.53. The van der Waals surface area contributed by atoms with E-state index in [0.29, 0.717) is 30.8 Å². The van der Waals surface area contributed by atoms with Crippen LogP contribution in [0.25, 0.3) is 11.1 Å². The number of hydrogen-bond donors (Lipinski definition) is 0. The lowest BCUT2D eigenvalue weighted by molar-refractivity contribution is -0.127. The molecule has 0 saturated carbocycles. The van der Waals surface area contributed by atoms with Crippen molar-refractivity contribution in [2.24, 2.45) is 0 Å². The van der Waals surface area contributed by atoms with Gasteiger partial charge in [0.05, 0.1) is 17.9 Å². The summed E-state index contributed by atoms with van der Waals surface area (Å²) < 4.78 is 7.54. The van der Waals surface area contributed by atoms with Crippen molar-refractivity contribution in [3.05, 3.63) is 74.9 Å². The maximum Gasteiger partial charge on any atom is 0.341 e. The number of ether oxygens (including phenoxy) is 1. The molecule has 0 bridgehead atoms. The van der Waals surface area contributed by atoms with Crippen molar-refractivity contribution in [1.29, 1.82) is 0 Å². The quantitative estimate of drug-likeness (QED) is 0.146. The Labute approximate surface area is 244 Å². The molecule has 5 rings (SSSR count). The van der Waals surface area contributed by atoms with Crippen LogP contribution in [0.15, 0.2) is 42.0 Å². The first kappa shape index (κ1) is 28.0. The van der Waals surface area contributed by atoms with Crippen molar-refractivity contribution in [1.82, 2.24) is 9.47 Å². The molecule has 0 atom stereocenters. The summed E-state index contributed by atoms with van der Waals surface area (Å²) in [5.74, 6) is -1.14. The summed E-state index contributed by atoms with van der Waals surface area (Å²) in [7, 11) is 0. The first-order chi connectivity index (χ1) is 19.3. The van der Waals surface area contributed by atoms with Crippen LogP contribution in [0.3, 0.4) is 0 Å². The summed E-state index contributed by atoms with van der Waals surface area (Å²) in [6, 6.07) is 11.1. The first-order valence-corrected chi connectivity index (χ1v) is 15.0. The molecule has 1 aliphatic heterocycles. The zero-order chi connectivity index (χ0) is 28.6. The average Bonchev–Trinajstić information content (AvgIpc) is 3.45. The number of aryl methyl sites for hydroxylation is 2. The number of nitrogens with zero attached hydrogens (tertiary/aromatic N) is 3. The van der Waals surface area contributed by atoms with Gasteiger partial charge in [-0.1, -0.05) is 25.1 Å². The minimum atomic E-state index is -0.447. The SMILES string of the molecule is CCCN1C(=O)C(=Cc2cc(C)n(-c3sc4c(c3C(=O)OCC)CCCC4)c2C)C(=O)N(c2ccccc2)C1=S. The number of benzene rings is 1. The van der Waals surface area contributed by atoms with E-state index in [2.05, 4.69) is 4.57 Å². The van der Waals surface area contributed by atoms with E-state index in [0.717, 1.165) is 53.2 Å². The molecule has 208 valence electrons. The molecule has 0 unspecified atom stereocenters. The van der Waals surface area contributed by atoms with Crippen LogP contribution in [-0.2, 0) is 27.2 Å². The standard InChI is InChI=1S/C31H33N3O4S2/c1-5-16-32-27(35)24(28(36)34(31(32)39)22-12-8-7-9-13-22)18-21-17-19(3)33(20(21)4)29-26(30(37)38-6-2)23-14-10-11-15-25(23)40-29/h7-9,12-13,17-18H,5-6,10-11,14-16H2,1-4H3. The van der Waals surface area contributed by atoms with Crippen molar-refractivity contribution in [3.8, 4) is 5.00 Å². The Morgan fingerprint density at radius 3 is 2.50 bits per heavy atom. The Kier molecular flexibility index (Phi) is 8.05. The van der Waals surface area contributed by atoms with Gasteiger partial charge in [0.2, 0.25) is 0 Å². The van der Waals surface area contributed by atoms with E-state index >= 15 is 0 Å². The Morgan fingerprint density at radius 2 is 1.80 bits per heavy atom. The minimum absolute atomic E-state index is 0.0576. The zero-order valence-electron chi connectivity index (χ0n) is 23.3. The molecule has 0 spiro atoms. The summed E-state index contributed by atoms with van der Waals surface area (Å²) in [5, 5.41) is 1.03. The average molecular weight is 576 g/mol. The molecule has 2 amide bonds. The summed E-state index contributed by atoms with van der Waals surface area (Å²) in [6.45, 7) is 8.43. The molecule has 3 aromatic rings. The molecule has 1 aliphatic carbocycles. The predicted octanol–water partition coefficient (Wildman–Crippen LogP) is 6.16. The van der Waals surface area contributed by atoms with Crippen molar-refractivity contribution < 1.29 is 19.1 Å². The van der Waals surface area contributed by atoms with Crippen LogP contribution in [0.5, 0.6) is 0 Å². The van der Waals surface area contributed by atoms with Gasteiger partial charge in [-0.05, 0) is 100 Å². The Morgan fingerprint density at radius 1 is 1.07 bits per heavy atom. The van der Waals surface area contributed by atoms with E-state index < -0.39 is 11.8 Å². The highest BCUT2D eigenvalue weighted by molar-refractivity contribution is 7.80. The number of amides is 2. The maximum atomic E-state index is 13.8. The van der Waals surface area contributed by atoms with Gasteiger partial charge in [-0.15, -0.1) is 11.3 Å². The lowest BCUT2D eigenvalue weighted by Gasteiger charge is -2.36. The lowest BCUT2D eigenvalue weighted by Crippen LogP contribution is -2.56. The minimum Gasteiger partial charge on any atom is -0.462 e. The van der Waals surface area contributed by atoms with Gasteiger partial charge in [0, 0.05) is 22.8 Å². The molecule has 1 aromatic carbocycles. The second-order valence-corrected chi connectivity index (χ2v) is 11.5. The van der Waals surface area contributed by atoms with Crippen LogP contribution >= 0.6 is 23.6 Å². The van der Waals surface area contributed by atoms with Gasteiger partial charge >= 0.3 is 5.97 Å². The number of thiophene rings is 1. The van der Waals surface area contributed by atoms with Gasteiger partial charge in [-0.3, -0.25) is 19.4 Å². The molecule has 1 fully saturated rings. The third kappa shape index (κ3) is 4.81. The molecule has 3 heterocycles. The van der Waals surface area contributed by atoms with E-state index in [-0.39, 0.29) is 16.7 Å². The van der Waals surface area contributed by atoms with Crippen molar-refractivity contribution in [2.45, 2.75) is 59.8 Å². The van der Waals surface area contributed by atoms with Gasteiger partial charge in [0.25, 0.3) is 11.8 Å². The van der Waals surface area contributed by atoms with Crippen molar-refractivity contribution in [2.75, 3.05) is 18.1 Å². The monoisotopic (exact) mass is 575 g/mol. The second kappa shape index (κ2) is 11.5. The molecular weight excluding hydrogens is 542 g/mol. The lowest BCUT2D eigenvalue weighted by atomic mass is 9.95. The largest absolute Gasteiger partial charge is 0.462 e. The molecule has 1 saturated heterocycles. The predicted molar refractivity (Wildman–Crippen MR) is 162 cm³/mol. The van der Waals surface area contributed by atoms with Gasteiger partial charge < -0.3 is 9.30 Å². The number of anilines is 1. The smallest absolute Gasteiger partial charge is 0.341 e. The summed E-state index contributed by atoms with van der Waals surface area (Å²) in [6.07, 6.45) is 6.34. The van der Waals surface area contributed by atoms with Gasteiger partial charge in [-0.25, -0.2) is 4.79 Å². The van der Waals surface area contributed by atoms with E-state index in [1.807, 2.05) is 64.1 Å². The highest BCUT2D eigenvalue weighted by atomic mass is 32.1. The molecule has 2 aliphatic rings. The summed E-state index contributed by atoms with van der Waals surface area (Å²) >= 11 is 7.26. The van der Waals surface area contributed by atoms with E-state index in [4.69, 9.17) is 17.0 Å². The number of thiocarbonyl (C=S) groups is 1. The van der Waals surface area contributed by atoms with Crippen LogP contribution < -0.4 is 4.90 Å². The molecule has 40 heavy (non-hydrogen) atoms. The highest BCUT2D eigenvalue weighted by Crippen LogP contribution is 2.39. The Hall–Kier alpha value is -3.56. The molecule has 9 heteroatoms.